The largest absolute Gasteiger partial charge is 0.383 e. The molecule has 0 saturated carbocycles. The first kappa shape index (κ1) is 17.6. The van der Waals surface area contributed by atoms with E-state index in [1.807, 2.05) is 49.5 Å². The number of nitrogens with one attached hydrogen (secondary N) is 1. The molecule has 138 valence electrons. The minimum atomic E-state index is 0.344. The Balaban J connectivity index is 1.67. The second-order valence-electron chi connectivity index (χ2n) is 6.58. The molecule has 3 N–H and O–H groups in total. The van der Waals surface area contributed by atoms with Crippen molar-refractivity contribution in [3.8, 4) is 11.1 Å². The Morgan fingerprint density at radius 2 is 1.86 bits per heavy atom. The van der Waals surface area contributed by atoms with Crippen molar-refractivity contribution in [2.45, 2.75) is 6.54 Å². The summed E-state index contributed by atoms with van der Waals surface area (Å²) in [6, 6.07) is 18.0. The first-order chi connectivity index (χ1) is 13.7. The first-order valence-corrected chi connectivity index (χ1v) is 8.93. The van der Waals surface area contributed by atoms with Gasteiger partial charge in [-0.3, -0.25) is 4.98 Å². The van der Waals surface area contributed by atoms with Gasteiger partial charge in [0, 0.05) is 31.6 Å². The van der Waals surface area contributed by atoms with Crippen LogP contribution in [0, 0.1) is 5.41 Å². The van der Waals surface area contributed by atoms with Gasteiger partial charge in [-0.25, -0.2) is 9.97 Å². The number of pyridine rings is 1. The van der Waals surface area contributed by atoms with Crippen molar-refractivity contribution in [3.63, 3.8) is 0 Å². The van der Waals surface area contributed by atoms with Crippen LogP contribution in [-0.4, -0.2) is 28.2 Å². The average Bonchev–Trinajstić information content (AvgIpc) is 2.73. The number of fused-ring (bicyclic) bond motifs is 1. The van der Waals surface area contributed by atoms with Gasteiger partial charge in [0.05, 0.1) is 17.2 Å². The Hall–Kier alpha value is -3.80. The van der Waals surface area contributed by atoms with Gasteiger partial charge >= 0.3 is 0 Å². The quantitative estimate of drug-likeness (QED) is 0.521. The van der Waals surface area contributed by atoms with E-state index in [1.165, 1.54) is 11.8 Å². The maximum absolute atomic E-state index is 7.63. The summed E-state index contributed by atoms with van der Waals surface area (Å²) in [6.07, 6.45) is 4.66. The number of hydrogen-bond acceptors (Lipinski definition) is 6. The van der Waals surface area contributed by atoms with Crippen molar-refractivity contribution in [2.75, 3.05) is 17.7 Å². The smallest absolute Gasteiger partial charge is 0.147 e. The van der Waals surface area contributed by atoms with E-state index in [0.717, 1.165) is 34.5 Å². The molecule has 0 saturated heterocycles. The number of benzene rings is 2. The van der Waals surface area contributed by atoms with Gasteiger partial charge in [0.15, 0.2) is 0 Å². The summed E-state index contributed by atoms with van der Waals surface area (Å²) in [7, 11) is 2.01. The summed E-state index contributed by atoms with van der Waals surface area (Å²) in [4.78, 5) is 15.5. The molecule has 6 heteroatoms. The van der Waals surface area contributed by atoms with Gasteiger partial charge < -0.3 is 16.0 Å². The number of nitrogens with zero attached hydrogens (tertiary/aromatic N) is 4. The summed E-state index contributed by atoms with van der Waals surface area (Å²) in [5, 5.41) is 7.63. The molecule has 0 atom stereocenters. The molecule has 0 fully saturated rings. The van der Waals surface area contributed by atoms with Gasteiger partial charge in [-0.2, -0.15) is 0 Å². The van der Waals surface area contributed by atoms with E-state index < -0.39 is 0 Å². The maximum Gasteiger partial charge on any atom is 0.147 e. The summed E-state index contributed by atoms with van der Waals surface area (Å²) in [6.45, 7) is 0.762. The molecule has 0 aliphatic carbocycles. The predicted molar refractivity (Wildman–Crippen MR) is 114 cm³/mol. The van der Waals surface area contributed by atoms with Crippen molar-refractivity contribution in [2.24, 2.45) is 0 Å². The van der Waals surface area contributed by atoms with Gasteiger partial charge in [0.25, 0.3) is 0 Å². The fraction of sp³-hybridized carbons (Fsp3) is 0.0909. The van der Waals surface area contributed by atoms with Crippen LogP contribution in [0.5, 0.6) is 0 Å². The van der Waals surface area contributed by atoms with E-state index in [2.05, 4.69) is 27.0 Å². The fourth-order valence-corrected chi connectivity index (χ4v) is 3.18. The topological polar surface area (TPSA) is 91.8 Å². The molecule has 4 aromatic rings. The van der Waals surface area contributed by atoms with Crippen molar-refractivity contribution in [3.05, 3.63) is 78.1 Å². The van der Waals surface area contributed by atoms with Crippen LogP contribution in [-0.2, 0) is 6.54 Å². The monoisotopic (exact) mass is 368 g/mol. The highest BCUT2D eigenvalue weighted by molar-refractivity contribution is 5.95. The summed E-state index contributed by atoms with van der Waals surface area (Å²) < 4.78 is 0. The van der Waals surface area contributed by atoms with E-state index >= 15 is 0 Å². The minimum Gasteiger partial charge on any atom is -0.383 e. The van der Waals surface area contributed by atoms with Crippen molar-refractivity contribution < 1.29 is 0 Å². The molecule has 28 heavy (non-hydrogen) atoms. The number of rotatable bonds is 5. The Bertz CT molecular complexity index is 1140. The van der Waals surface area contributed by atoms with Crippen LogP contribution in [0.15, 0.2) is 67.0 Å². The van der Waals surface area contributed by atoms with Gasteiger partial charge in [-0.1, -0.05) is 36.4 Å². The fourth-order valence-electron chi connectivity index (χ4n) is 3.18. The second-order valence-corrected chi connectivity index (χ2v) is 6.58. The highest BCUT2D eigenvalue weighted by Gasteiger charge is 2.10. The molecule has 0 aliphatic rings. The predicted octanol–water partition coefficient (Wildman–Crippen LogP) is 3.91. The molecular weight excluding hydrogens is 348 g/mol. The molecule has 0 aliphatic heterocycles. The van der Waals surface area contributed by atoms with Crippen LogP contribution in [0.3, 0.4) is 0 Å². The number of nitrogens with two attached hydrogens (primary N) is 1. The number of hydrogen-bond donors (Lipinski definition) is 2. The standard InChI is InChI=1S/C22H20N6/c1-28(14-15-5-3-2-4-6-15)21-13-26-20-11-16(7-8-19(20)27-21)17-9-10-25-22(24)18(17)12-23/h2-13,23H,14H2,1H3,(H2,24,25). The molecule has 0 bridgehead atoms. The van der Waals surface area contributed by atoms with Crippen LogP contribution in [0.4, 0.5) is 11.6 Å². The zero-order chi connectivity index (χ0) is 19.5. The van der Waals surface area contributed by atoms with E-state index in [9.17, 15) is 0 Å². The summed E-state index contributed by atoms with van der Waals surface area (Å²) in [5.41, 5.74) is 11.1. The normalized spacial score (nSPS) is 10.8. The number of nitrogen functional groups attached to an aromatic ring is 1. The third-order valence-electron chi connectivity index (χ3n) is 4.66. The Morgan fingerprint density at radius 1 is 1.04 bits per heavy atom. The second kappa shape index (κ2) is 7.44. The lowest BCUT2D eigenvalue weighted by atomic mass is 10.0. The lowest BCUT2D eigenvalue weighted by Crippen LogP contribution is -2.17. The van der Waals surface area contributed by atoms with Gasteiger partial charge in [0.2, 0.25) is 0 Å². The summed E-state index contributed by atoms with van der Waals surface area (Å²) >= 11 is 0. The Morgan fingerprint density at radius 3 is 2.64 bits per heavy atom. The average molecular weight is 368 g/mol. The molecular formula is C22H20N6. The summed E-state index contributed by atoms with van der Waals surface area (Å²) in [5.74, 6) is 1.16. The molecule has 4 rings (SSSR count). The Kier molecular flexibility index (Phi) is 4.68. The van der Waals surface area contributed by atoms with Crippen molar-refractivity contribution in [1.82, 2.24) is 15.0 Å². The van der Waals surface area contributed by atoms with Gasteiger partial charge in [0.1, 0.15) is 11.6 Å². The van der Waals surface area contributed by atoms with Crippen LogP contribution >= 0.6 is 0 Å². The zero-order valence-electron chi connectivity index (χ0n) is 15.5. The van der Waals surface area contributed by atoms with E-state index in [-0.39, 0.29) is 0 Å². The third-order valence-corrected chi connectivity index (χ3v) is 4.66. The highest BCUT2D eigenvalue weighted by atomic mass is 15.2. The molecule has 2 aromatic carbocycles. The molecule has 6 nitrogen and oxygen atoms in total. The van der Waals surface area contributed by atoms with E-state index in [0.29, 0.717) is 11.4 Å². The van der Waals surface area contributed by atoms with Crippen LogP contribution in [0.1, 0.15) is 11.1 Å². The number of aromatic nitrogens is 3. The van der Waals surface area contributed by atoms with Crippen molar-refractivity contribution in [1.29, 1.82) is 5.41 Å². The van der Waals surface area contributed by atoms with Crippen LogP contribution in [0.25, 0.3) is 22.2 Å². The lowest BCUT2D eigenvalue weighted by Gasteiger charge is -2.18. The van der Waals surface area contributed by atoms with E-state index in [1.54, 1.807) is 12.4 Å². The SMILES string of the molecule is CN(Cc1ccccc1)c1cnc2cc(-c3ccnc(N)c3C=N)ccc2n1. The molecule has 2 aromatic heterocycles. The molecule has 0 unspecified atom stereocenters. The van der Waals surface area contributed by atoms with E-state index in [4.69, 9.17) is 16.1 Å². The molecule has 0 amide bonds. The number of anilines is 2. The molecule has 2 heterocycles. The first-order valence-electron chi connectivity index (χ1n) is 8.93. The van der Waals surface area contributed by atoms with Crippen LogP contribution in [0.2, 0.25) is 0 Å². The van der Waals surface area contributed by atoms with Gasteiger partial charge in [-0.05, 0) is 34.9 Å². The Labute approximate surface area is 163 Å². The highest BCUT2D eigenvalue weighted by Crippen LogP contribution is 2.28. The van der Waals surface area contributed by atoms with Crippen LogP contribution < -0.4 is 10.6 Å². The maximum atomic E-state index is 7.63. The zero-order valence-corrected chi connectivity index (χ0v) is 15.5. The van der Waals surface area contributed by atoms with Crippen molar-refractivity contribution >= 4 is 28.9 Å². The third kappa shape index (κ3) is 3.40. The lowest BCUT2D eigenvalue weighted by molar-refractivity contribution is 0.897. The minimum absolute atomic E-state index is 0.344. The molecule has 0 radical (unpaired) electrons. The molecule has 0 spiro atoms. The van der Waals surface area contributed by atoms with Gasteiger partial charge in [-0.15, -0.1) is 0 Å².